The van der Waals surface area contributed by atoms with E-state index in [1.807, 2.05) is 0 Å². The molecule has 0 aromatic rings. The summed E-state index contributed by atoms with van der Waals surface area (Å²) in [5.41, 5.74) is 0. The molecule has 2 fully saturated rings. The van der Waals surface area contributed by atoms with Crippen LogP contribution in [0.3, 0.4) is 0 Å². The van der Waals surface area contributed by atoms with Crippen molar-refractivity contribution >= 4 is 0 Å². The third-order valence-electron chi connectivity index (χ3n) is 4.40. The number of rotatable bonds is 3. The van der Waals surface area contributed by atoms with Crippen LogP contribution in [0, 0.1) is 11.8 Å². The minimum atomic E-state index is 0. The van der Waals surface area contributed by atoms with Crippen LogP contribution in [0.2, 0.25) is 0 Å². The molecule has 2 rings (SSSR count). The Bertz CT molecular complexity index is 207. The Balaban J connectivity index is 0.00000144. The van der Waals surface area contributed by atoms with Crippen LogP contribution in [0.4, 0.5) is 0 Å². The zero-order chi connectivity index (χ0) is 11.5. The lowest BCUT2D eigenvalue weighted by Gasteiger charge is -2.36. The van der Waals surface area contributed by atoms with Crippen LogP contribution in [0.1, 0.15) is 47.5 Å². The van der Waals surface area contributed by atoms with Crippen molar-refractivity contribution in [2.45, 2.75) is 53.5 Å². The first-order valence-electron chi connectivity index (χ1n) is 7.11. The largest absolute Gasteiger partial charge is 0.303 e. The molecule has 2 nitrogen and oxygen atoms in total. The Morgan fingerprint density at radius 1 is 1.06 bits per heavy atom. The highest BCUT2D eigenvalue weighted by Gasteiger charge is 2.25. The third kappa shape index (κ3) is 4.26. The van der Waals surface area contributed by atoms with Crippen molar-refractivity contribution in [1.82, 2.24) is 9.80 Å². The SMILES string of the molecule is C.CC1CCN(CC2CCN(C(C)C)CC2)C1. The van der Waals surface area contributed by atoms with Gasteiger partial charge in [0.25, 0.3) is 0 Å². The summed E-state index contributed by atoms with van der Waals surface area (Å²) in [6, 6.07) is 0.743. The van der Waals surface area contributed by atoms with E-state index in [2.05, 4.69) is 30.6 Å². The highest BCUT2D eigenvalue weighted by atomic mass is 15.2. The second-order valence-corrected chi connectivity index (χ2v) is 6.23. The fourth-order valence-electron chi connectivity index (χ4n) is 3.21. The van der Waals surface area contributed by atoms with Crippen molar-refractivity contribution in [2.24, 2.45) is 11.8 Å². The van der Waals surface area contributed by atoms with E-state index < -0.39 is 0 Å². The lowest BCUT2D eigenvalue weighted by atomic mass is 9.95. The van der Waals surface area contributed by atoms with Crippen LogP contribution in [-0.4, -0.2) is 48.6 Å². The summed E-state index contributed by atoms with van der Waals surface area (Å²) in [7, 11) is 0. The fraction of sp³-hybridized carbons (Fsp3) is 1.00. The van der Waals surface area contributed by atoms with Gasteiger partial charge in [-0.05, 0) is 64.6 Å². The molecule has 0 bridgehead atoms. The molecule has 2 heterocycles. The molecular weight excluding hydrogens is 208 g/mol. The average molecular weight is 240 g/mol. The minimum Gasteiger partial charge on any atom is -0.303 e. The van der Waals surface area contributed by atoms with Crippen LogP contribution in [0.15, 0.2) is 0 Å². The molecule has 0 aromatic heterocycles. The monoisotopic (exact) mass is 240 g/mol. The summed E-state index contributed by atoms with van der Waals surface area (Å²) < 4.78 is 0. The normalized spacial score (nSPS) is 28.6. The zero-order valence-electron chi connectivity index (χ0n) is 11.3. The topological polar surface area (TPSA) is 6.48 Å². The van der Waals surface area contributed by atoms with Crippen molar-refractivity contribution in [3.63, 3.8) is 0 Å². The van der Waals surface area contributed by atoms with Gasteiger partial charge in [-0.15, -0.1) is 0 Å². The van der Waals surface area contributed by atoms with Gasteiger partial charge in [0.2, 0.25) is 0 Å². The summed E-state index contributed by atoms with van der Waals surface area (Å²) in [6.07, 6.45) is 4.26. The van der Waals surface area contributed by atoms with E-state index in [4.69, 9.17) is 0 Å². The molecule has 0 aromatic carbocycles. The molecule has 2 heteroatoms. The molecule has 2 aliphatic rings. The predicted octanol–water partition coefficient (Wildman–Crippen LogP) is 3.08. The first-order chi connectivity index (χ1) is 7.65. The van der Waals surface area contributed by atoms with Gasteiger partial charge < -0.3 is 9.80 Å². The van der Waals surface area contributed by atoms with Gasteiger partial charge in [0.15, 0.2) is 0 Å². The number of nitrogens with zero attached hydrogens (tertiary/aromatic N) is 2. The quantitative estimate of drug-likeness (QED) is 0.748. The lowest BCUT2D eigenvalue weighted by Crippen LogP contribution is -2.41. The Morgan fingerprint density at radius 3 is 2.18 bits per heavy atom. The second kappa shape index (κ2) is 6.75. The molecule has 1 unspecified atom stereocenters. The number of piperidine rings is 1. The van der Waals surface area contributed by atoms with E-state index in [0.717, 1.165) is 17.9 Å². The standard InChI is InChI=1S/C14H28N2.CH4/c1-12(2)16-8-5-14(6-9-16)11-15-7-4-13(3)10-15;/h12-14H,4-11H2,1-3H3;1H4. The summed E-state index contributed by atoms with van der Waals surface area (Å²) in [5, 5.41) is 0. The summed E-state index contributed by atoms with van der Waals surface area (Å²) in [6.45, 7) is 13.8. The molecule has 0 saturated carbocycles. The molecule has 0 spiro atoms. The van der Waals surface area contributed by atoms with E-state index in [-0.39, 0.29) is 7.43 Å². The molecule has 0 N–H and O–H groups in total. The van der Waals surface area contributed by atoms with E-state index >= 15 is 0 Å². The Morgan fingerprint density at radius 2 is 1.71 bits per heavy atom. The minimum absolute atomic E-state index is 0. The van der Waals surface area contributed by atoms with E-state index in [1.165, 1.54) is 52.0 Å². The second-order valence-electron chi connectivity index (χ2n) is 6.23. The van der Waals surface area contributed by atoms with E-state index in [0.29, 0.717) is 0 Å². The number of likely N-dealkylation sites (tertiary alicyclic amines) is 2. The third-order valence-corrected chi connectivity index (χ3v) is 4.40. The van der Waals surface area contributed by atoms with Gasteiger partial charge in [0.05, 0.1) is 0 Å². The summed E-state index contributed by atoms with van der Waals surface area (Å²) in [4.78, 5) is 5.32. The maximum Gasteiger partial charge on any atom is 0.00385 e. The fourth-order valence-corrected chi connectivity index (χ4v) is 3.21. The molecule has 1 atom stereocenters. The first kappa shape index (κ1) is 15.0. The van der Waals surface area contributed by atoms with E-state index in [1.54, 1.807) is 0 Å². The van der Waals surface area contributed by atoms with Gasteiger partial charge in [-0.2, -0.15) is 0 Å². The zero-order valence-corrected chi connectivity index (χ0v) is 11.3. The van der Waals surface area contributed by atoms with Crippen molar-refractivity contribution in [3.8, 4) is 0 Å². The molecule has 2 aliphatic heterocycles. The number of hydrogen-bond donors (Lipinski definition) is 0. The van der Waals surface area contributed by atoms with Crippen LogP contribution >= 0.6 is 0 Å². The molecule has 102 valence electrons. The molecular formula is C15H32N2. The van der Waals surface area contributed by atoms with Crippen LogP contribution in [-0.2, 0) is 0 Å². The van der Waals surface area contributed by atoms with Crippen LogP contribution in [0.5, 0.6) is 0 Å². The highest BCUT2D eigenvalue weighted by molar-refractivity contribution is 4.79. The summed E-state index contributed by atoms with van der Waals surface area (Å²) >= 11 is 0. The molecule has 0 radical (unpaired) electrons. The molecule has 0 aliphatic carbocycles. The van der Waals surface area contributed by atoms with Gasteiger partial charge in [-0.25, -0.2) is 0 Å². The Hall–Kier alpha value is -0.0800. The van der Waals surface area contributed by atoms with Crippen molar-refractivity contribution in [1.29, 1.82) is 0 Å². The van der Waals surface area contributed by atoms with Crippen LogP contribution < -0.4 is 0 Å². The highest BCUT2D eigenvalue weighted by Crippen LogP contribution is 2.23. The van der Waals surface area contributed by atoms with Gasteiger partial charge in [0.1, 0.15) is 0 Å². The Labute approximate surface area is 108 Å². The molecule has 17 heavy (non-hydrogen) atoms. The van der Waals surface area contributed by atoms with Crippen molar-refractivity contribution in [2.75, 3.05) is 32.7 Å². The molecule has 0 amide bonds. The smallest absolute Gasteiger partial charge is 0.00385 e. The Kier molecular flexibility index (Phi) is 5.94. The number of hydrogen-bond acceptors (Lipinski definition) is 2. The lowest BCUT2D eigenvalue weighted by molar-refractivity contribution is 0.128. The van der Waals surface area contributed by atoms with Crippen LogP contribution in [0.25, 0.3) is 0 Å². The average Bonchev–Trinajstić information content (AvgIpc) is 2.65. The van der Waals surface area contributed by atoms with Crippen molar-refractivity contribution in [3.05, 3.63) is 0 Å². The predicted molar refractivity (Wildman–Crippen MR) is 76.4 cm³/mol. The molecule has 2 saturated heterocycles. The van der Waals surface area contributed by atoms with Gasteiger partial charge in [-0.1, -0.05) is 14.4 Å². The van der Waals surface area contributed by atoms with Gasteiger partial charge >= 0.3 is 0 Å². The maximum atomic E-state index is 2.69. The first-order valence-corrected chi connectivity index (χ1v) is 7.11. The van der Waals surface area contributed by atoms with E-state index in [9.17, 15) is 0 Å². The van der Waals surface area contributed by atoms with Crippen molar-refractivity contribution < 1.29 is 0 Å². The summed E-state index contributed by atoms with van der Waals surface area (Å²) in [5.74, 6) is 1.91. The van der Waals surface area contributed by atoms with Gasteiger partial charge in [-0.3, -0.25) is 0 Å². The maximum absolute atomic E-state index is 2.69. The van der Waals surface area contributed by atoms with Gasteiger partial charge in [0, 0.05) is 19.1 Å².